The number of rotatable bonds is 3. The van der Waals surface area contributed by atoms with Crippen molar-refractivity contribution in [1.29, 1.82) is 0 Å². The molecule has 1 aliphatic carbocycles. The molecule has 0 radical (unpaired) electrons. The number of hydrogen-bond acceptors (Lipinski definition) is 4. The summed E-state index contributed by atoms with van der Waals surface area (Å²) < 4.78 is 0. The molecule has 0 unspecified atom stereocenters. The fourth-order valence-corrected chi connectivity index (χ4v) is 2.84. The second kappa shape index (κ2) is 5.52. The summed E-state index contributed by atoms with van der Waals surface area (Å²) in [6.45, 7) is 0. The van der Waals surface area contributed by atoms with Crippen LogP contribution in [0.3, 0.4) is 0 Å². The molecule has 1 aromatic carbocycles. The molecule has 1 aromatic heterocycles. The van der Waals surface area contributed by atoms with Crippen molar-refractivity contribution in [3.63, 3.8) is 0 Å². The maximum atomic E-state index is 11.0. The van der Waals surface area contributed by atoms with Crippen molar-refractivity contribution in [2.24, 2.45) is 5.73 Å². The maximum Gasteiger partial charge on any atom is 0.269 e. The summed E-state index contributed by atoms with van der Waals surface area (Å²) in [7, 11) is 2.02. The molecule has 0 saturated heterocycles. The van der Waals surface area contributed by atoms with Gasteiger partial charge in [0.25, 0.3) is 5.91 Å². The first-order chi connectivity index (χ1) is 10.1. The summed E-state index contributed by atoms with van der Waals surface area (Å²) in [4.78, 5) is 13.2. The lowest BCUT2D eigenvalue weighted by Crippen LogP contribution is -2.37. The lowest BCUT2D eigenvalue weighted by Gasteiger charge is -2.33. The number of benzene rings is 1. The third-order valence-electron chi connectivity index (χ3n) is 4.13. The molecule has 108 valence electrons. The monoisotopic (exact) mass is 282 g/mol. The van der Waals surface area contributed by atoms with E-state index < -0.39 is 5.91 Å². The fraction of sp³-hybridized carbons (Fsp3) is 0.312. The Labute approximate surface area is 123 Å². The summed E-state index contributed by atoms with van der Waals surface area (Å²) in [6.07, 6.45) is 3.18. The van der Waals surface area contributed by atoms with E-state index >= 15 is 0 Å². The van der Waals surface area contributed by atoms with Crippen LogP contribution in [0.25, 0.3) is 0 Å². The Morgan fingerprint density at radius 1 is 1.19 bits per heavy atom. The van der Waals surface area contributed by atoms with Gasteiger partial charge in [-0.1, -0.05) is 24.3 Å². The van der Waals surface area contributed by atoms with Crippen LogP contribution in [-0.2, 0) is 12.8 Å². The maximum absolute atomic E-state index is 11.0. The molecule has 0 saturated carbocycles. The summed E-state index contributed by atoms with van der Waals surface area (Å²) in [5.74, 6) is 0.215. The highest BCUT2D eigenvalue weighted by Gasteiger charge is 2.23. The Kier molecular flexibility index (Phi) is 3.56. The Bertz CT molecular complexity index is 654. The van der Waals surface area contributed by atoms with Gasteiger partial charge in [-0.2, -0.15) is 0 Å². The molecule has 5 nitrogen and oxygen atoms in total. The third kappa shape index (κ3) is 2.72. The van der Waals surface area contributed by atoms with Gasteiger partial charge in [0.05, 0.1) is 0 Å². The van der Waals surface area contributed by atoms with E-state index in [1.54, 1.807) is 12.1 Å². The second-order valence-electron chi connectivity index (χ2n) is 5.42. The summed E-state index contributed by atoms with van der Waals surface area (Å²) in [6, 6.07) is 12.4. The van der Waals surface area contributed by atoms with Gasteiger partial charge in [0.2, 0.25) is 0 Å². The van der Waals surface area contributed by atoms with Crippen LogP contribution in [0.2, 0.25) is 0 Å². The summed E-state index contributed by atoms with van der Waals surface area (Å²) >= 11 is 0. The van der Waals surface area contributed by atoms with Crippen molar-refractivity contribution in [2.75, 3.05) is 11.9 Å². The predicted molar refractivity (Wildman–Crippen MR) is 81.2 cm³/mol. The largest absolute Gasteiger partial charge is 0.364 e. The first-order valence-electron chi connectivity index (χ1n) is 7.08. The Morgan fingerprint density at radius 3 is 2.62 bits per heavy atom. The minimum Gasteiger partial charge on any atom is -0.364 e. The smallest absolute Gasteiger partial charge is 0.269 e. The lowest BCUT2D eigenvalue weighted by molar-refractivity contribution is 0.0994. The molecule has 1 aliphatic rings. The lowest BCUT2D eigenvalue weighted by atomic mass is 9.88. The number of aryl methyl sites for hydroxylation is 1. The first-order valence-corrected chi connectivity index (χ1v) is 7.08. The van der Waals surface area contributed by atoms with Gasteiger partial charge in [-0.05, 0) is 42.5 Å². The van der Waals surface area contributed by atoms with Crippen molar-refractivity contribution in [3.05, 3.63) is 53.2 Å². The van der Waals surface area contributed by atoms with Gasteiger partial charge in [-0.3, -0.25) is 4.79 Å². The Balaban J connectivity index is 1.77. The van der Waals surface area contributed by atoms with Gasteiger partial charge in [0.15, 0.2) is 11.5 Å². The van der Waals surface area contributed by atoms with Gasteiger partial charge in [-0.15, -0.1) is 10.2 Å². The zero-order chi connectivity index (χ0) is 14.8. The van der Waals surface area contributed by atoms with Crippen molar-refractivity contribution < 1.29 is 4.79 Å². The molecule has 3 rings (SSSR count). The summed E-state index contributed by atoms with van der Waals surface area (Å²) in [5.41, 5.74) is 8.22. The third-order valence-corrected chi connectivity index (χ3v) is 4.13. The molecule has 0 aliphatic heterocycles. The van der Waals surface area contributed by atoms with Crippen molar-refractivity contribution in [2.45, 2.75) is 25.3 Å². The number of nitrogens with two attached hydrogens (primary N) is 1. The molecule has 0 fully saturated rings. The molecule has 21 heavy (non-hydrogen) atoms. The van der Waals surface area contributed by atoms with E-state index in [4.69, 9.17) is 5.73 Å². The second-order valence-corrected chi connectivity index (χ2v) is 5.42. The van der Waals surface area contributed by atoms with Crippen LogP contribution >= 0.6 is 0 Å². The van der Waals surface area contributed by atoms with E-state index in [0.29, 0.717) is 6.04 Å². The number of anilines is 1. The SMILES string of the molecule is CN(c1ccc(C(N)=O)nn1)[C@@H]1CCc2ccccc2C1. The van der Waals surface area contributed by atoms with Crippen LogP contribution in [0.15, 0.2) is 36.4 Å². The quantitative estimate of drug-likeness (QED) is 0.927. The minimum absolute atomic E-state index is 0.195. The van der Waals surface area contributed by atoms with E-state index in [-0.39, 0.29) is 5.69 Å². The minimum atomic E-state index is -0.553. The number of hydrogen-bond donors (Lipinski definition) is 1. The van der Waals surface area contributed by atoms with Crippen molar-refractivity contribution >= 4 is 11.7 Å². The van der Waals surface area contributed by atoms with E-state index in [2.05, 4.69) is 39.4 Å². The average molecular weight is 282 g/mol. The normalized spacial score (nSPS) is 17.1. The van der Waals surface area contributed by atoms with Gasteiger partial charge in [0, 0.05) is 13.1 Å². The van der Waals surface area contributed by atoms with E-state index in [1.165, 1.54) is 11.1 Å². The fourth-order valence-electron chi connectivity index (χ4n) is 2.84. The number of fused-ring (bicyclic) bond motifs is 1. The molecule has 2 aromatic rings. The summed E-state index contributed by atoms with van der Waals surface area (Å²) in [5, 5.41) is 7.98. The average Bonchev–Trinajstić information content (AvgIpc) is 2.54. The van der Waals surface area contributed by atoms with Crippen LogP contribution < -0.4 is 10.6 Å². The van der Waals surface area contributed by atoms with Crippen LogP contribution in [0, 0.1) is 0 Å². The highest BCUT2D eigenvalue weighted by atomic mass is 16.1. The number of amides is 1. The topological polar surface area (TPSA) is 72.1 Å². The Hall–Kier alpha value is -2.43. The van der Waals surface area contributed by atoms with Gasteiger partial charge in [-0.25, -0.2) is 0 Å². The molecular weight excluding hydrogens is 264 g/mol. The van der Waals surface area contributed by atoms with Crippen LogP contribution in [-0.4, -0.2) is 29.2 Å². The predicted octanol–water partition coefficient (Wildman–Crippen LogP) is 1.57. The van der Waals surface area contributed by atoms with E-state index in [0.717, 1.165) is 25.1 Å². The number of carbonyl (C=O) groups is 1. The number of likely N-dealkylation sites (N-methyl/N-ethyl adjacent to an activating group) is 1. The van der Waals surface area contributed by atoms with Crippen LogP contribution in [0.1, 0.15) is 28.0 Å². The first kappa shape index (κ1) is 13.5. The van der Waals surface area contributed by atoms with Gasteiger partial charge in [0.1, 0.15) is 0 Å². The standard InChI is InChI=1S/C16H18N4O/c1-20(15-9-8-14(16(17)21)18-19-15)13-7-6-11-4-2-3-5-12(11)10-13/h2-5,8-9,13H,6-7,10H2,1H3,(H2,17,21)/t13-/m1/s1. The molecule has 1 atom stereocenters. The zero-order valence-electron chi connectivity index (χ0n) is 12.0. The highest BCUT2D eigenvalue weighted by Crippen LogP contribution is 2.25. The number of nitrogens with zero attached hydrogens (tertiary/aromatic N) is 3. The van der Waals surface area contributed by atoms with Crippen LogP contribution in [0.5, 0.6) is 0 Å². The number of aromatic nitrogens is 2. The van der Waals surface area contributed by atoms with E-state index in [9.17, 15) is 4.79 Å². The van der Waals surface area contributed by atoms with Crippen molar-refractivity contribution in [3.8, 4) is 0 Å². The zero-order valence-corrected chi connectivity index (χ0v) is 12.0. The Morgan fingerprint density at radius 2 is 1.95 bits per heavy atom. The molecule has 2 N–H and O–H groups in total. The molecule has 5 heteroatoms. The molecule has 1 amide bonds. The molecule has 0 bridgehead atoms. The van der Waals surface area contributed by atoms with Crippen LogP contribution in [0.4, 0.5) is 5.82 Å². The number of carbonyl (C=O) groups excluding carboxylic acids is 1. The van der Waals surface area contributed by atoms with Gasteiger partial charge >= 0.3 is 0 Å². The molecule has 0 spiro atoms. The molecular formula is C16H18N4O. The van der Waals surface area contributed by atoms with Gasteiger partial charge < -0.3 is 10.6 Å². The van der Waals surface area contributed by atoms with E-state index in [1.807, 2.05) is 7.05 Å². The number of primary amides is 1. The highest BCUT2D eigenvalue weighted by molar-refractivity contribution is 5.90. The van der Waals surface area contributed by atoms with Crippen molar-refractivity contribution in [1.82, 2.24) is 10.2 Å². The molecule has 1 heterocycles.